The molecule has 0 bridgehead atoms. The number of carbonyl (C=O) groups is 1. The molecule has 116 valence electrons. The Morgan fingerprint density at radius 2 is 2.23 bits per heavy atom. The third-order valence-electron chi connectivity index (χ3n) is 3.50. The second kappa shape index (κ2) is 6.39. The van der Waals surface area contributed by atoms with E-state index in [-0.39, 0.29) is 11.2 Å². The van der Waals surface area contributed by atoms with E-state index in [0.717, 1.165) is 18.0 Å². The summed E-state index contributed by atoms with van der Waals surface area (Å²) in [6.07, 6.45) is 4.06. The number of anilines is 1. The molecule has 1 heterocycles. The highest BCUT2D eigenvalue weighted by molar-refractivity contribution is 8.00. The molecule has 6 nitrogen and oxygen atoms in total. The normalized spacial score (nSPS) is 15.4. The van der Waals surface area contributed by atoms with Gasteiger partial charge in [0.1, 0.15) is 12.1 Å². The van der Waals surface area contributed by atoms with Crippen LogP contribution < -0.4 is 10.1 Å². The Bertz CT molecular complexity index is 669. The maximum absolute atomic E-state index is 12.4. The molecule has 0 spiro atoms. The Hall–Kier alpha value is -2.02. The highest BCUT2D eigenvalue weighted by Crippen LogP contribution is 2.38. The van der Waals surface area contributed by atoms with Crippen LogP contribution in [0.1, 0.15) is 25.8 Å². The van der Waals surface area contributed by atoms with Crippen molar-refractivity contribution < 1.29 is 9.53 Å². The average Bonchev–Trinajstić information content (AvgIpc) is 3.27. The van der Waals surface area contributed by atoms with E-state index in [1.54, 1.807) is 13.4 Å². The van der Waals surface area contributed by atoms with Gasteiger partial charge in [0.2, 0.25) is 5.91 Å². The topological polar surface area (TPSA) is 69.0 Å². The van der Waals surface area contributed by atoms with Crippen LogP contribution in [0.15, 0.2) is 35.7 Å². The van der Waals surface area contributed by atoms with E-state index < -0.39 is 0 Å². The standard InChI is InChI=1S/C15H18N4O2S/c1-10(22-15-18-16-9-19(15)11-7-8-11)14(20)17-12-5-3-4-6-13(12)21-2/h3-6,9-11H,7-8H2,1-2H3,(H,17,20). The molecule has 1 unspecified atom stereocenters. The molecule has 1 aromatic heterocycles. The van der Waals surface area contributed by atoms with Crippen molar-refractivity contribution >= 4 is 23.4 Å². The summed E-state index contributed by atoms with van der Waals surface area (Å²) in [6, 6.07) is 7.87. The van der Waals surface area contributed by atoms with Crippen LogP contribution in [0.5, 0.6) is 5.75 Å². The van der Waals surface area contributed by atoms with Crippen molar-refractivity contribution in [3.63, 3.8) is 0 Å². The van der Waals surface area contributed by atoms with Gasteiger partial charge in [-0.2, -0.15) is 0 Å². The molecule has 1 aromatic carbocycles. The van der Waals surface area contributed by atoms with Gasteiger partial charge in [-0.05, 0) is 31.9 Å². The summed E-state index contributed by atoms with van der Waals surface area (Å²) in [4.78, 5) is 12.4. The number of hydrogen-bond acceptors (Lipinski definition) is 5. The minimum atomic E-state index is -0.272. The van der Waals surface area contributed by atoms with Gasteiger partial charge in [-0.3, -0.25) is 4.79 Å². The predicted molar refractivity (Wildman–Crippen MR) is 85.2 cm³/mol. The summed E-state index contributed by atoms with van der Waals surface area (Å²) in [6.45, 7) is 1.86. The Morgan fingerprint density at radius 3 is 2.95 bits per heavy atom. The number of rotatable bonds is 6. The van der Waals surface area contributed by atoms with Gasteiger partial charge in [-0.1, -0.05) is 23.9 Å². The van der Waals surface area contributed by atoms with Crippen LogP contribution in [0, 0.1) is 0 Å². The number of hydrogen-bond donors (Lipinski definition) is 1. The van der Waals surface area contributed by atoms with E-state index >= 15 is 0 Å². The van der Waals surface area contributed by atoms with Crippen LogP contribution in [0.3, 0.4) is 0 Å². The predicted octanol–water partition coefficient (Wildman–Crippen LogP) is 2.74. The lowest BCUT2D eigenvalue weighted by atomic mass is 10.3. The number of amides is 1. The highest BCUT2D eigenvalue weighted by atomic mass is 32.2. The largest absolute Gasteiger partial charge is 0.495 e. The van der Waals surface area contributed by atoms with E-state index in [0.29, 0.717) is 17.5 Å². The number of nitrogens with one attached hydrogen (secondary N) is 1. The number of methoxy groups -OCH3 is 1. The van der Waals surface area contributed by atoms with Crippen LogP contribution in [-0.2, 0) is 4.79 Å². The van der Waals surface area contributed by atoms with Gasteiger partial charge in [-0.25, -0.2) is 0 Å². The van der Waals surface area contributed by atoms with Crippen molar-refractivity contribution in [2.24, 2.45) is 0 Å². The smallest absolute Gasteiger partial charge is 0.237 e. The minimum absolute atomic E-state index is 0.0835. The van der Waals surface area contributed by atoms with Crippen LogP contribution in [0.25, 0.3) is 0 Å². The Balaban J connectivity index is 1.65. The second-order valence-corrected chi connectivity index (χ2v) is 6.51. The number of aromatic nitrogens is 3. The molecule has 1 aliphatic carbocycles. The molecular formula is C15H18N4O2S. The lowest BCUT2D eigenvalue weighted by Crippen LogP contribution is -2.23. The van der Waals surface area contributed by atoms with Gasteiger partial charge in [0, 0.05) is 6.04 Å². The molecule has 0 aliphatic heterocycles. The summed E-state index contributed by atoms with van der Waals surface area (Å²) in [5, 5.41) is 11.5. The quantitative estimate of drug-likeness (QED) is 0.829. The maximum Gasteiger partial charge on any atom is 0.237 e. The number of nitrogens with zero attached hydrogens (tertiary/aromatic N) is 3. The van der Waals surface area contributed by atoms with E-state index in [4.69, 9.17) is 4.74 Å². The molecule has 1 amide bonds. The third-order valence-corrected chi connectivity index (χ3v) is 4.57. The third kappa shape index (κ3) is 3.24. The first-order valence-corrected chi connectivity index (χ1v) is 8.07. The van der Waals surface area contributed by atoms with E-state index in [2.05, 4.69) is 20.1 Å². The monoisotopic (exact) mass is 318 g/mol. The van der Waals surface area contributed by atoms with E-state index in [9.17, 15) is 4.79 Å². The zero-order valence-corrected chi connectivity index (χ0v) is 13.3. The van der Waals surface area contributed by atoms with Gasteiger partial charge in [0.15, 0.2) is 5.16 Å². The number of thioether (sulfide) groups is 1. The lowest BCUT2D eigenvalue weighted by molar-refractivity contribution is -0.115. The molecule has 0 saturated heterocycles. The molecule has 1 atom stereocenters. The van der Waals surface area contributed by atoms with Crippen molar-refractivity contribution in [2.75, 3.05) is 12.4 Å². The average molecular weight is 318 g/mol. The SMILES string of the molecule is COc1ccccc1NC(=O)C(C)Sc1nncn1C1CC1. The number of ether oxygens (including phenoxy) is 1. The Labute approximate surface area is 133 Å². The van der Waals surface area contributed by atoms with Crippen LogP contribution in [0.2, 0.25) is 0 Å². The summed E-state index contributed by atoms with van der Waals surface area (Å²) in [7, 11) is 1.58. The molecule has 1 saturated carbocycles. The molecule has 0 radical (unpaired) electrons. The Kier molecular flexibility index (Phi) is 4.33. The van der Waals surface area contributed by atoms with Crippen molar-refractivity contribution in [3.05, 3.63) is 30.6 Å². The van der Waals surface area contributed by atoms with Crippen molar-refractivity contribution in [3.8, 4) is 5.75 Å². The van der Waals surface area contributed by atoms with Gasteiger partial charge in [0.25, 0.3) is 0 Å². The molecule has 22 heavy (non-hydrogen) atoms. The first-order valence-electron chi connectivity index (χ1n) is 7.19. The summed E-state index contributed by atoms with van der Waals surface area (Å²) < 4.78 is 7.30. The Morgan fingerprint density at radius 1 is 1.45 bits per heavy atom. The number of para-hydroxylation sites is 2. The fraction of sp³-hybridized carbons (Fsp3) is 0.400. The second-order valence-electron chi connectivity index (χ2n) is 5.20. The van der Waals surface area contributed by atoms with Gasteiger partial charge < -0.3 is 14.6 Å². The molecular weight excluding hydrogens is 300 g/mol. The van der Waals surface area contributed by atoms with Crippen molar-refractivity contribution in [2.45, 2.75) is 36.2 Å². The zero-order valence-electron chi connectivity index (χ0n) is 12.5. The number of benzene rings is 1. The first-order chi connectivity index (χ1) is 10.7. The van der Waals surface area contributed by atoms with E-state index in [1.807, 2.05) is 31.2 Å². The summed E-state index contributed by atoms with van der Waals surface area (Å²) in [5.41, 5.74) is 0.672. The molecule has 2 aromatic rings. The fourth-order valence-electron chi connectivity index (χ4n) is 2.11. The first kappa shape index (κ1) is 14.9. The summed E-state index contributed by atoms with van der Waals surface area (Å²) >= 11 is 1.42. The van der Waals surface area contributed by atoms with Crippen molar-refractivity contribution in [1.82, 2.24) is 14.8 Å². The molecule has 7 heteroatoms. The van der Waals surface area contributed by atoms with Crippen molar-refractivity contribution in [1.29, 1.82) is 0 Å². The molecule has 1 N–H and O–H groups in total. The zero-order chi connectivity index (χ0) is 15.5. The molecule has 1 aliphatic rings. The van der Waals surface area contributed by atoms with Crippen LogP contribution in [0.4, 0.5) is 5.69 Å². The van der Waals surface area contributed by atoms with Gasteiger partial charge in [0.05, 0.1) is 18.0 Å². The van der Waals surface area contributed by atoms with Gasteiger partial charge in [-0.15, -0.1) is 10.2 Å². The fourth-order valence-corrected chi connectivity index (χ4v) is 3.01. The summed E-state index contributed by atoms with van der Waals surface area (Å²) in [5.74, 6) is 0.564. The maximum atomic E-state index is 12.4. The van der Waals surface area contributed by atoms with Gasteiger partial charge >= 0.3 is 0 Å². The minimum Gasteiger partial charge on any atom is -0.495 e. The van der Waals surface area contributed by atoms with E-state index in [1.165, 1.54) is 11.8 Å². The highest BCUT2D eigenvalue weighted by Gasteiger charge is 2.28. The van der Waals surface area contributed by atoms with Crippen LogP contribution >= 0.6 is 11.8 Å². The van der Waals surface area contributed by atoms with Crippen LogP contribution in [-0.4, -0.2) is 33.0 Å². The molecule has 1 fully saturated rings. The number of carbonyl (C=O) groups excluding carboxylic acids is 1. The lowest BCUT2D eigenvalue weighted by Gasteiger charge is -2.14. The molecule has 3 rings (SSSR count).